The fraction of sp³-hybridized carbons (Fsp3) is 0.667. The van der Waals surface area contributed by atoms with Gasteiger partial charge in [0, 0.05) is 23.3 Å². The van der Waals surface area contributed by atoms with Gasteiger partial charge in [-0.15, -0.1) is 11.3 Å². The van der Waals surface area contributed by atoms with E-state index in [0.29, 0.717) is 6.54 Å². The van der Waals surface area contributed by atoms with E-state index in [0.717, 1.165) is 37.3 Å². The highest BCUT2D eigenvalue weighted by atomic mass is 35.5. The maximum absolute atomic E-state index is 10.3. The van der Waals surface area contributed by atoms with Gasteiger partial charge in [-0.1, -0.05) is 30.9 Å². The lowest BCUT2D eigenvalue weighted by Gasteiger charge is -2.32. The molecule has 0 bridgehead atoms. The van der Waals surface area contributed by atoms with Crippen LogP contribution in [-0.2, 0) is 6.54 Å². The monoisotopic (exact) mass is 259 g/mol. The molecule has 0 spiro atoms. The predicted octanol–water partition coefficient (Wildman–Crippen LogP) is 3.19. The fourth-order valence-electron chi connectivity index (χ4n) is 2.25. The summed E-state index contributed by atoms with van der Waals surface area (Å²) in [5, 5.41) is 16.3. The number of hydrogen-bond acceptors (Lipinski definition) is 3. The Balaban J connectivity index is 1.74. The molecule has 4 heteroatoms. The molecular weight excluding hydrogens is 242 g/mol. The van der Waals surface area contributed by atoms with Crippen LogP contribution in [0.3, 0.4) is 0 Å². The Labute approximate surface area is 106 Å². The molecular formula is C12H18ClNOS. The van der Waals surface area contributed by atoms with Crippen molar-refractivity contribution < 1.29 is 5.11 Å². The highest BCUT2D eigenvalue weighted by Gasteiger charge is 2.28. The largest absolute Gasteiger partial charge is 0.389 e. The number of rotatable bonds is 4. The molecule has 1 fully saturated rings. The number of halogens is 1. The smallest absolute Gasteiger partial charge is 0.0771 e. The Kier molecular flexibility index (Phi) is 4.25. The van der Waals surface area contributed by atoms with Crippen molar-refractivity contribution in [3.63, 3.8) is 0 Å². The zero-order valence-electron chi connectivity index (χ0n) is 9.34. The van der Waals surface area contributed by atoms with Gasteiger partial charge in [-0.25, -0.2) is 0 Å². The minimum absolute atomic E-state index is 0.473. The van der Waals surface area contributed by atoms with Crippen LogP contribution >= 0.6 is 22.9 Å². The third-order valence-electron chi connectivity index (χ3n) is 3.16. The molecule has 0 unspecified atom stereocenters. The maximum Gasteiger partial charge on any atom is 0.0771 e. The summed E-state index contributed by atoms with van der Waals surface area (Å²) in [6, 6.07) is 1.98. The van der Waals surface area contributed by atoms with Crippen molar-refractivity contribution in [1.82, 2.24) is 5.32 Å². The van der Waals surface area contributed by atoms with Crippen LogP contribution in [0.4, 0.5) is 0 Å². The van der Waals surface area contributed by atoms with Crippen LogP contribution in [-0.4, -0.2) is 17.3 Å². The molecule has 16 heavy (non-hydrogen) atoms. The first-order valence-electron chi connectivity index (χ1n) is 5.84. The van der Waals surface area contributed by atoms with Gasteiger partial charge in [0.05, 0.1) is 10.6 Å². The van der Waals surface area contributed by atoms with Gasteiger partial charge in [0.1, 0.15) is 0 Å². The Morgan fingerprint density at radius 1 is 1.38 bits per heavy atom. The quantitative estimate of drug-likeness (QED) is 0.871. The normalized spacial score (nSPS) is 19.9. The predicted molar refractivity (Wildman–Crippen MR) is 69.1 cm³/mol. The van der Waals surface area contributed by atoms with Gasteiger partial charge in [0.15, 0.2) is 0 Å². The molecule has 0 radical (unpaired) electrons. The Morgan fingerprint density at radius 2 is 2.12 bits per heavy atom. The fourth-order valence-corrected chi connectivity index (χ4v) is 3.29. The van der Waals surface area contributed by atoms with E-state index in [-0.39, 0.29) is 0 Å². The summed E-state index contributed by atoms with van der Waals surface area (Å²) in [6.45, 7) is 1.50. The molecule has 1 aromatic rings. The van der Waals surface area contributed by atoms with Crippen molar-refractivity contribution in [3.8, 4) is 0 Å². The van der Waals surface area contributed by atoms with Crippen LogP contribution in [0.25, 0.3) is 0 Å². The standard InChI is InChI=1S/C12H18ClNOS/c13-10-6-11(16-8-10)7-14-9-12(15)4-2-1-3-5-12/h6,8,14-15H,1-5,7,9H2. The summed E-state index contributed by atoms with van der Waals surface area (Å²) >= 11 is 7.51. The summed E-state index contributed by atoms with van der Waals surface area (Å²) in [5.41, 5.74) is -0.473. The third-order valence-corrected chi connectivity index (χ3v) is 4.44. The second kappa shape index (κ2) is 5.50. The second-order valence-corrected chi connectivity index (χ2v) is 6.05. The highest BCUT2D eigenvalue weighted by molar-refractivity contribution is 7.10. The van der Waals surface area contributed by atoms with Gasteiger partial charge >= 0.3 is 0 Å². The zero-order chi connectivity index (χ0) is 11.4. The number of aliphatic hydroxyl groups is 1. The molecule has 1 heterocycles. The Bertz CT molecular complexity index is 334. The van der Waals surface area contributed by atoms with E-state index in [1.807, 2.05) is 11.4 Å². The van der Waals surface area contributed by atoms with Crippen LogP contribution in [0.1, 0.15) is 37.0 Å². The van der Waals surface area contributed by atoms with Gasteiger partial charge < -0.3 is 10.4 Å². The van der Waals surface area contributed by atoms with E-state index in [1.165, 1.54) is 11.3 Å². The third kappa shape index (κ3) is 3.45. The molecule has 1 aliphatic carbocycles. The van der Waals surface area contributed by atoms with Crippen LogP contribution in [0.5, 0.6) is 0 Å². The van der Waals surface area contributed by atoms with Gasteiger partial charge in [-0.05, 0) is 18.9 Å². The first kappa shape index (κ1) is 12.4. The van der Waals surface area contributed by atoms with E-state index in [1.54, 1.807) is 11.3 Å². The van der Waals surface area contributed by atoms with Crippen LogP contribution < -0.4 is 5.32 Å². The molecule has 2 N–H and O–H groups in total. The van der Waals surface area contributed by atoms with Crippen LogP contribution in [0.15, 0.2) is 11.4 Å². The molecule has 0 atom stereocenters. The average Bonchev–Trinajstić information content (AvgIpc) is 2.65. The van der Waals surface area contributed by atoms with Gasteiger partial charge in [0.2, 0.25) is 0 Å². The van der Waals surface area contributed by atoms with E-state index < -0.39 is 5.60 Å². The van der Waals surface area contributed by atoms with E-state index in [4.69, 9.17) is 11.6 Å². The summed E-state index contributed by atoms with van der Waals surface area (Å²) < 4.78 is 0. The van der Waals surface area contributed by atoms with E-state index in [2.05, 4.69) is 5.32 Å². The zero-order valence-corrected chi connectivity index (χ0v) is 10.9. The van der Waals surface area contributed by atoms with Crippen LogP contribution in [0.2, 0.25) is 5.02 Å². The lowest BCUT2D eigenvalue weighted by atomic mass is 9.85. The molecule has 90 valence electrons. The van der Waals surface area contributed by atoms with E-state index in [9.17, 15) is 5.11 Å². The van der Waals surface area contributed by atoms with Crippen molar-refractivity contribution in [2.45, 2.75) is 44.2 Å². The Morgan fingerprint density at radius 3 is 2.75 bits per heavy atom. The average molecular weight is 260 g/mol. The summed E-state index contributed by atoms with van der Waals surface area (Å²) in [5.74, 6) is 0. The highest BCUT2D eigenvalue weighted by Crippen LogP contribution is 2.27. The topological polar surface area (TPSA) is 32.3 Å². The van der Waals surface area contributed by atoms with E-state index >= 15 is 0 Å². The lowest BCUT2D eigenvalue weighted by Crippen LogP contribution is -2.41. The van der Waals surface area contributed by atoms with Crippen molar-refractivity contribution in [1.29, 1.82) is 0 Å². The molecule has 0 saturated heterocycles. The number of thiophene rings is 1. The minimum Gasteiger partial charge on any atom is -0.389 e. The minimum atomic E-state index is -0.473. The first-order valence-corrected chi connectivity index (χ1v) is 7.10. The van der Waals surface area contributed by atoms with Crippen molar-refractivity contribution in [3.05, 3.63) is 21.3 Å². The Hall–Kier alpha value is -0.0900. The lowest BCUT2D eigenvalue weighted by molar-refractivity contribution is 0.00472. The molecule has 1 saturated carbocycles. The number of nitrogens with one attached hydrogen (secondary N) is 1. The SMILES string of the molecule is OC1(CNCc2cc(Cl)cs2)CCCCC1. The molecule has 0 aliphatic heterocycles. The van der Waals surface area contributed by atoms with Crippen molar-refractivity contribution in [2.75, 3.05) is 6.54 Å². The van der Waals surface area contributed by atoms with Gasteiger partial charge in [-0.2, -0.15) is 0 Å². The summed E-state index contributed by atoms with van der Waals surface area (Å²) in [4.78, 5) is 1.23. The summed E-state index contributed by atoms with van der Waals surface area (Å²) in [6.07, 6.45) is 5.45. The molecule has 0 amide bonds. The maximum atomic E-state index is 10.3. The number of hydrogen-bond donors (Lipinski definition) is 2. The molecule has 1 aliphatic rings. The van der Waals surface area contributed by atoms with Crippen LogP contribution in [0, 0.1) is 0 Å². The molecule has 2 nitrogen and oxygen atoms in total. The molecule has 2 rings (SSSR count). The first-order chi connectivity index (χ1) is 7.68. The van der Waals surface area contributed by atoms with Gasteiger partial charge in [0.25, 0.3) is 0 Å². The molecule has 0 aromatic carbocycles. The molecule has 1 aromatic heterocycles. The van der Waals surface area contributed by atoms with Gasteiger partial charge in [-0.3, -0.25) is 0 Å². The summed E-state index contributed by atoms with van der Waals surface area (Å²) in [7, 11) is 0. The van der Waals surface area contributed by atoms with Crippen molar-refractivity contribution in [2.24, 2.45) is 0 Å². The van der Waals surface area contributed by atoms with Crippen molar-refractivity contribution >= 4 is 22.9 Å². The second-order valence-electron chi connectivity index (χ2n) is 4.62.